The molecule has 0 spiro atoms. The fourth-order valence-electron chi connectivity index (χ4n) is 2.20. The molecule has 0 aliphatic rings. The highest BCUT2D eigenvalue weighted by Crippen LogP contribution is 2.05. The Morgan fingerprint density at radius 2 is 1.27 bits per heavy atom. The maximum atomic E-state index is 12.1. The molecule has 0 N–H and O–H groups in total. The van der Waals surface area contributed by atoms with Gasteiger partial charge in [0.15, 0.2) is 5.78 Å². The molecule has 0 saturated carbocycles. The van der Waals surface area contributed by atoms with Gasteiger partial charge in [-0.3, -0.25) is 4.79 Å². The summed E-state index contributed by atoms with van der Waals surface area (Å²) in [5.74, 6) is 1.42. The van der Waals surface area contributed by atoms with Crippen molar-refractivity contribution in [3.8, 4) is 0 Å². The fourth-order valence-corrected chi connectivity index (χ4v) is 2.20. The molecule has 0 amide bonds. The lowest BCUT2D eigenvalue weighted by Crippen LogP contribution is -1.98. The number of carbonyl (C=O) groups is 1. The monoisotopic (exact) mass is 350 g/mol. The SMILES string of the molecule is CC(C)=CCn1ccnc1/C=C/C(=O)/C=C/c1nccn1CC=C(C)C. The molecule has 0 saturated heterocycles. The number of hydrogen-bond acceptors (Lipinski definition) is 3. The molecule has 0 aromatic carbocycles. The predicted octanol–water partition coefficient (Wildman–Crippen LogP) is 4.31. The highest BCUT2D eigenvalue weighted by atomic mass is 16.1. The molecule has 26 heavy (non-hydrogen) atoms. The van der Waals surface area contributed by atoms with Gasteiger partial charge in [-0.25, -0.2) is 9.97 Å². The summed E-state index contributed by atoms with van der Waals surface area (Å²) in [5, 5.41) is 0. The van der Waals surface area contributed by atoms with Crippen LogP contribution in [-0.4, -0.2) is 24.9 Å². The standard InChI is InChI=1S/C21H26N4O/c1-17(2)9-13-24-15-11-22-20(24)7-5-19(26)6-8-21-23-12-16-25(21)14-10-18(3)4/h5-12,15-16H,13-14H2,1-4H3/b7-5+,8-6+. The molecule has 0 bridgehead atoms. The maximum Gasteiger partial charge on any atom is 0.178 e. The Bertz CT molecular complexity index is 784. The van der Waals surface area contributed by atoms with Crippen molar-refractivity contribution in [1.29, 1.82) is 0 Å². The van der Waals surface area contributed by atoms with Gasteiger partial charge in [-0.15, -0.1) is 0 Å². The average Bonchev–Trinajstić information content (AvgIpc) is 3.23. The van der Waals surface area contributed by atoms with E-state index in [2.05, 4.69) is 49.8 Å². The van der Waals surface area contributed by atoms with Gasteiger partial charge in [0.25, 0.3) is 0 Å². The zero-order valence-electron chi connectivity index (χ0n) is 15.9. The van der Waals surface area contributed by atoms with Crippen molar-refractivity contribution in [2.75, 3.05) is 0 Å². The van der Waals surface area contributed by atoms with Gasteiger partial charge >= 0.3 is 0 Å². The van der Waals surface area contributed by atoms with Crippen LogP contribution in [0.2, 0.25) is 0 Å². The molecule has 2 rings (SSSR count). The maximum absolute atomic E-state index is 12.1. The first kappa shape index (κ1) is 19.4. The first-order chi connectivity index (χ1) is 12.5. The van der Waals surface area contributed by atoms with Crippen molar-refractivity contribution in [3.05, 3.63) is 71.9 Å². The lowest BCUT2D eigenvalue weighted by atomic mass is 10.3. The van der Waals surface area contributed by atoms with E-state index in [9.17, 15) is 4.79 Å². The molecular weight excluding hydrogens is 324 g/mol. The predicted molar refractivity (Wildman–Crippen MR) is 106 cm³/mol. The number of carbonyl (C=O) groups excluding carboxylic acids is 1. The van der Waals surface area contributed by atoms with Crippen LogP contribution in [0, 0.1) is 0 Å². The highest BCUT2D eigenvalue weighted by Gasteiger charge is 2.00. The van der Waals surface area contributed by atoms with Gasteiger partial charge in [0.05, 0.1) is 0 Å². The molecule has 5 nitrogen and oxygen atoms in total. The number of imidazole rings is 2. The van der Waals surface area contributed by atoms with Gasteiger partial charge in [-0.05, 0) is 52.0 Å². The topological polar surface area (TPSA) is 52.7 Å². The Kier molecular flexibility index (Phi) is 7.09. The lowest BCUT2D eigenvalue weighted by molar-refractivity contribution is -0.110. The fraction of sp³-hybridized carbons (Fsp3) is 0.286. The van der Waals surface area contributed by atoms with Crippen LogP contribution < -0.4 is 0 Å². The van der Waals surface area contributed by atoms with E-state index in [-0.39, 0.29) is 5.78 Å². The van der Waals surface area contributed by atoms with Crippen LogP contribution in [0.5, 0.6) is 0 Å². The first-order valence-corrected chi connectivity index (χ1v) is 8.65. The van der Waals surface area contributed by atoms with Gasteiger partial charge in [-0.1, -0.05) is 23.3 Å². The van der Waals surface area contributed by atoms with Crippen LogP contribution in [0.3, 0.4) is 0 Å². The van der Waals surface area contributed by atoms with E-state index in [1.165, 1.54) is 23.3 Å². The second kappa shape index (κ2) is 9.51. The second-order valence-electron chi connectivity index (χ2n) is 6.51. The van der Waals surface area contributed by atoms with Crippen LogP contribution in [0.4, 0.5) is 0 Å². The van der Waals surface area contributed by atoms with Crippen LogP contribution in [0.25, 0.3) is 12.2 Å². The van der Waals surface area contributed by atoms with E-state index < -0.39 is 0 Å². The number of ketones is 1. The van der Waals surface area contributed by atoms with E-state index in [0.29, 0.717) is 0 Å². The minimum atomic E-state index is -0.0986. The van der Waals surface area contributed by atoms with Crippen LogP contribution in [-0.2, 0) is 17.9 Å². The van der Waals surface area contributed by atoms with E-state index in [1.54, 1.807) is 24.5 Å². The van der Waals surface area contributed by atoms with Crippen molar-refractivity contribution in [3.63, 3.8) is 0 Å². The Hall–Kier alpha value is -2.95. The van der Waals surface area contributed by atoms with Crippen LogP contribution >= 0.6 is 0 Å². The third-order valence-electron chi connectivity index (χ3n) is 3.68. The van der Waals surface area contributed by atoms with Crippen molar-refractivity contribution < 1.29 is 4.79 Å². The van der Waals surface area contributed by atoms with Crippen molar-refractivity contribution >= 4 is 17.9 Å². The van der Waals surface area contributed by atoms with Gasteiger partial charge < -0.3 is 9.13 Å². The summed E-state index contributed by atoms with van der Waals surface area (Å²) >= 11 is 0. The Morgan fingerprint density at radius 3 is 1.65 bits per heavy atom. The number of hydrogen-bond donors (Lipinski definition) is 0. The molecule has 0 fully saturated rings. The summed E-state index contributed by atoms with van der Waals surface area (Å²) in [7, 11) is 0. The van der Waals surface area contributed by atoms with E-state index in [4.69, 9.17) is 0 Å². The molecule has 2 aromatic rings. The molecule has 136 valence electrons. The highest BCUT2D eigenvalue weighted by molar-refractivity contribution is 6.04. The third-order valence-corrected chi connectivity index (χ3v) is 3.68. The van der Waals surface area contributed by atoms with Gasteiger partial charge in [-0.2, -0.15) is 0 Å². The van der Waals surface area contributed by atoms with Gasteiger partial charge in [0, 0.05) is 37.9 Å². The molecule has 2 aromatic heterocycles. The molecular formula is C21H26N4O. The molecule has 0 radical (unpaired) electrons. The summed E-state index contributed by atoms with van der Waals surface area (Å²) in [6.45, 7) is 9.72. The third kappa shape index (κ3) is 6.16. The Labute approximate surface area is 155 Å². The van der Waals surface area contributed by atoms with Gasteiger partial charge in [0.1, 0.15) is 11.6 Å². The summed E-state index contributed by atoms with van der Waals surface area (Å²) in [4.78, 5) is 20.7. The first-order valence-electron chi connectivity index (χ1n) is 8.65. The largest absolute Gasteiger partial charge is 0.328 e. The second-order valence-corrected chi connectivity index (χ2v) is 6.51. The normalized spacial score (nSPS) is 11.2. The summed E-state index contributed by atoms with van der Waals surface area (Å²) in [6.07, 6.45) is 18.0. The smallest absolute Gasteiger partial charge is 0.178 e. The zero-order valence-corrected chi connectivity index (χ0v) is 15.9. The lowest BCUT2D eigenvalue weighted by Gasteiger charge is -2.01. The Morgan fingerprint density at radius 1 is 0.846 bits per heavy atom. The zero-order chi connectivity index (χ0) is 18.9. The Balaban J connectivity index is 2.01. The summed E-state index contributed by atoms with van der Waals surface area (Å²) < 4.78 is 3.99. The van der Waals surface area contributed by atoms with Crippen molar-refractivity contribution in [1.82, 2.24) is 19.1 Å². The molecule has 2 heterocycles. The average molecular weight is 350 g/mol. The van der Waals surface area contributed by atoms with E-state index >= 15 is 0 Å². The minimum absolute atomic E-state index is 0.0986. The molecule has 0 atom stereocenters. The quantitative estimate of drug-likeness (QED) is 0.527. The molecule has 5 heteroatoms. The summed E-state index contributed by atoms with van der Waals surface area (Å²) in [6, 6.07) is 0. The van der Waals surface area contributed by atoms with Crippen molar-refractivity contribution in [2.24, 2.45) is 0 Å². The molecule has 0 unspecified atom stereocenters. The van der Waals surface area contributed by atoms with Crippen LogP contribution in [0.1, 0.15) is 39.3 Å². The molecule has 0 aliphatic carbocycles. The summed E-state index contributed by atoms with van der Waals surface area (Å²) in [5.41, 5.74) is 2.49. The van der Waals surface area contributed by atoms with Crippen molar-refractivity contribution in [2.45, 2.75) is 40.8 Å². The van der Waals surface area contributed by atoms with Gasteiger partial charge in [0.2, 0.25) is 0 Å². The number of nitrogens with zero attached hydrogens (tertiary/aromatic N) is 4. The minimum Gasteiger partial charge on any atom is -0.328 e. The van der Waals surface area contributed by atoms with E-state index in [1.807, 2.05) is 21.5 Å². The number of rotatable bonds is 8. The number of aromatic nitrogens is 4. The number of allylic oxidation sites excluding steroid dienone is 6. The van der Waals surface area contributed by atoms with Crippen LogP contribution in [0.15, 0.2) is 60.2 Å². The van der Waals surface area contributed by atoms with E-state index in [0.717, 1.165) is 24.7 Å². The molecule has 0 aliphatic heterocycles.